The number of nitrogens with zero attached hydrogens (tertiary/aromatic N) is 4. The third kappa shape index (κ3) is 5.91. The maximum absolute atomic E-state index is 12.5. The van der Waals surface area contributed by atoms with Gasteiger partial charge in [0.15, 0.2) is 17.0 Å². The van der Waals surface area contributed by atoms with Crippen molar-refractivity contribution in [3.8, 4) is 0 Å². The maximum Gasteiger partial charge on any atom is 0.326 e. The molecule has 0 saturated heterocycles. The Hall–Kier alpha value is -4.35. The lowest BCUT2D eigenvalue weighted by atomic mass is 9.91. The molecule has 0 fully saturated rings. The molecule has 1 unspecified atom stereocenters. The summed E-state index contributed by atoms with van der Waals surface area (Å²) in [6.07, 6.45) is 2.77. The quantitative estimate of drug-likeness (QED) is 0.283. The summed E-state index contributed by atoms with van der Waals surface area (Å²) in [5.41, 5.74) is 19.3. The van der Waals surface area contributed by atoms with Crippen LogP contribution in [-0.4, -0.2) is 48.9 Å². The van der Waals surface area contributed by atoms with E-state index in [-0.39, 0.29) is 30.5 Å². The van der Waals surface area contributed by atoms with E-state index in [2.05, 4.69) is 25.3 Å². The number of rotatable bonds is 10. The van der Waals surface area contributed by atoms with Gasteiger partial charge in [-0.15, -0.1) is 0 Å². The topological polar surface area (TPSA) is 213 Å². The molecule has 0 spiro atoms. The van der Waals surface area contributed by atoms with E-state index in [1.54, 1.807) is 18.3 Å². The first kappa shape index (κ1) is 24.3. The van der Waals surface area contributed by atoms with Crippen LogP contribution in [0.5, 0.6) is 0 Å². The fourth-order valence-electron chi connectivity index (χ4n) is 3.52. The molecule has 2 aromatic heterocycles. The first-order valence-corrected chi connectivity index (χ1v) is 10.6. The van der Waals surface area contributed by atoms with E-state index < -0.39 is 23.8 Å². The Bertz CT molecular complexity index is 1220. The Labute approximate surface area is 195 Å². The van der Waals surface area contributed by atoms with Crippen LogP contribution in [0.1, 0.15) is 53.7 Å². The van der Waals surface area contributed by atoms with Crippen molar-refractivity contribution in [2.45, 2.75) is 44.6 Å². The van der Waals surface area contributed by atoms with Gasteiger partial charge < -0.3 is 27.6 Å². The Morgan fingerprint density at radius 2 is 1.79 bits per heavy atom. The first-order valence-electron chi connectivity index (χ1n) is 10.6. The zero-order valence-corrected chi connectivity index (χ0v) is 18.6. The number of fused-ring (bicyclic) bond motifs is 1. The van der Waals surface area contributed by atoms with Crippen molar-refractivity contribution in [2.75, 3.05) is 11.5 Å². The van der Waals surface area contributed by atoms with Gasteiger partial charge in [0.25, 0.3) is 5.91 Å². The van der Waals surface area contributed by atoms with Crippen LogP contribution >= 0.6 is 0 Å². The number of carbonyl (C=O) groups is 3. The number of carboxylic acids is 1. The van der Waals surface area contributed by atoms with Crippen LogP contribution in [0.3, 0.4) is 0 Å². The van der Waals surface area contributed by atoms with Gasteiger partial charge in [0.1, 0.15) is 6.04 Å². The number of nitrogen functional groups attached to an aromatic ring is 2. The number of aliphatic carboxylic acids is 1. The van der Waals surface area contributed by atoms with Crippen molar-refractivity contribution in [2.24, 2.45) is 5.73 Å². The average molecular weight is 467 g/mol. The van der Waals surface area contributed by atoms with Crippen LogP contribution < -0.4 is 22.5 Å². The summed E-state index contributed by atoms with van der Waals surface area (Å²) < 4.78 is 0. The summed E-state index contributed by atoms with van der Waals surface area (Å²) in [5.74, 6) is -2.14. The summed E-state index contributed by atoms with van der Waals surface area (Å²) in [6.45, 7) is 2.04. The van der Waals surface area contributed by atoms with Gasteiger partial charge in [0.2, 0.25) is 11.9 Å². The molecule has 2 amide bonds. The van der Waals surface area contributed by atoms with E-state index in [0.717, 1.165) is 12.0 Å². The number of primary amides is 1. The molecule has 3 rings (SSSR count). The van der Waals surface area contributed by atoms with Crippen LogP contribution in [0.2, 0.25) is 0 Å². The number of hydrogen-bond acceptors (Lipinski definition) is 9. The maximum atomic E-state index is 12.5. The molecule has 2 heterocycles. The summed E-state index contributed by atoms with van der Waals surface area (Å²) in [6, 6.07) is 5.67. The van der Waals surface area contributed by atoms with Gasteiger partial charge in [0.05, 0.1) is 11.9 Å². The summed E-state index contributed by atoms with van der Waals surface area (Å²) in [7, 11) is 0. The Kier molecular flexibility index (Phi) is 7.51. The smallest absolute Gasteiger partial charge is 0.326 e. The van der Waals surface area contributed by atoms with Crippen LogP contribution in [0.4, 0.5) is 11.8 Å². The van der Waals surface area contributed by atoms with E-state index >= 15 is 0 Å². The average Bonchev–Trinajstić information content (AvgIpc) is 2.80. The number of anilines is 2. The minimum absolute atomic E-state index is 0.0326. The highest BCUT2D eigenvalue weighted by molar-refractivity contribution is 5.96. The lowest BCUT2D eigenvalue weighted by molar-refractivity contribution is -0.139. The van der Waals surface area contributed by atoms with Crippen molar-refractivity contribution in [1.82, 2.24) is 25.3 Å². The molecule has 0 aliphatic rings. The predicted octanol–water partition coefficient (Wildman–Crippen LogP) is 0.769. The number of carbonyl (C=O) groups excluding carboxylic acids is 2. The van der Waals surface area contributed by atoms with Crippen molar-refractivity contribution in [1.29, 1.82) is 0 Å². The number of nitrogens with two attached hydrogens (primary N) is 3. The summed E-state index contributed by atoms with van der Waals surface area (Å²) in [5, 5.41) is 11.7. The van der Waals surface area contributed by atoms with Gasteiger partial charge in [-0.3, -0.25) is 9.59 Å². The second-order valence-electron chi connectivity index (χ2n) is 7.80. The van der Waals surface area contributed by atoms with Crippen LogP contribution in [0, 0.1) is 0 Å². The van der Waals surface area contributed by atoms with Gasteiger partial charge in [-0.25, -0.2) is 14.8 Å². The highest BCUT2D eigenvalue weighted by Crippen LogP contribution is 2.25. The van der Waals surface area contributed by atoms with Crippen molar-refractivity contribution >= 4 is 40.7 Å². The first-order chi connectivity index (χ1) is 16.2. The van der Waals surface area contributed by atoms with E-state index in [9.17, 15) is 19.5 Å². The minimum Gasteiger partial charge on any atom is -0.480 e. The van der Waals surface area contributed by atoms with E-state index in [4.69, 9.17) is 17.2 Å². The third-order valence-corrected chi connectivity index (χ3v) is 5.38. The fourth-order valence-corrected chi connectivity index (χ4v) is 3.52. The molecule has 1 aromatic carbocycles. The molecule has 3 aromatic rings. The van der Waals surface area contributed by atoms with Gasteiger partial charge in [-0.05, 0) is 42.9 Å². The predicted molar refractivity (Wildman–Crippen MR) is 124 cm³/mol. The SMILES string of the molecule is CCC(Cc1cnc2nc(N)nc(N)c2n1)c1ccc(C(=O)N[C@@H](CCC(N)=O)C(=O)O)cc1. The van der Waals surface area contributed by atoms with Gasteiger partial charge >= 0.3 is 5.97 Å². The fraction of sp³-hybridized carbons (Fsp3) is 0.318. The molecule has 12 nitrogen and oxygen atoms in total. The summed E-state index contributed by atoms with van der Waals surface area (Å²) >= 11 is 0. The number of hydrogen-bond donors (Lipinski definition) is 5. The number of carboxylic acid groups (broad SMARTS) is 1. The Balaban J connectivity index is 1.72. The summed E-state index contributed by atoms with van der Waals surface area (Å²) in [4.78, 5) is 51.5. The highest BCUT2D eigenvalue weighted by atomic mass is 16.4. The van der Waals surface area contributed by atoms with Gasteiger partial charge in [-0.1, -0.05) is 19.1 Å². The van der Waals surface area contributed by atoms with Crippen LogP contribution in [0.25, 0.3) is 11.2 Å². The molecule has 8 N–H and O–H groups in total. The molecular weight excluding hydrogens is 440 g/mol. The molecular formula is C22H26N8O4. The van der Waals surface area contributed by atoms with Crippen molar-refractivity contribution in [3.05, 3.63) is 47.3 Å². The van der Waals surface area contributed by atoms with E-state index in [1.807, 2.05) is 19.1 Å². The standard InChI is InChI=1S/C22H26N8O4/c1-2-11(9-14-10-26-19-17(27-14)18(24)29-22(25)30-19)12-3-5-13(6-4-12)20(32)28-15(21(33)34)7-8-16(23)31/h3-6,10-11,15H,2,7-9H2,1H3,(H2,23,31)(H,28,32)(H,33,34)(H4,24,25,26,29,30)/t11?,15-/m0/s1. The van der Waals surface area contributed by atoms with E-state index in [1.165, 1.54) is 0 Å². The molecule has 0 aliphatic heterocycles. The molecule has 178 valence electrons. The lowest BCUT2D eigenvalue weighted by Crippen LogP contribution is -2.41. The number of aromatic nitrogens is 4. The molecule has 0 bridgehead atoms. The van der Waals surface area contributed by atoms with E-state index in [0.29, 0.717) is 28.8 Å². The van der Waals surface area contributed by atoms with Crippen molar-refractivity contribution in [3.63, 3.8) is 0 Å². The largest absolute Gasteiger partial charge is 0.480 e. The molecule has 0 aliphatic carbocycles. The number of benzene rings is 1. The Morgan fingerprint density at radius 1 is 1.09 bits per heavy atom. The highest BCUT2D eigenvalue weighted by Gasteiger charge is 2.21. The molecule has 0 radical (unpaired) electrons. The number of amides is 2. The second-order valence-corrected chi connectivity index (χ2v) is 7.80. The normalized spacial score (nSPS) is 12.7. The van der Waals surface area contributed by atoms with Gasteiger partial charge in [0, 0.05) is 12.0 Å². The zero-order valence-electron chi connectivity index (χ0n) is 18.6. The third-order valence-electron chi connectivity index (χ3n) is 5.38. The lowest BCUT2D eigenvalue weighted by Gasteiger charge is -2.17. The molecule has 34 heavy (non-hydrogen) atoms. The van der Waals surface area contributed by atoms with Crippen LogP contribution in [-0.2, 0) is 16.0 Å². The molecule has 2 atom stereocenters. The molecule has 0 saturated carbocycles. The second kappa shape index (κ2) is 10.5. The Morgan fingerprint density at radius 3 is 2.41 bits per heavy atom. The van der Waals surface area contributed by atoms with Gasteiger partial charge in [-0.2, -0.15) is 9.97 Å². The van der Waals surface area contributed by atoms with Crippen molar-refractivity contribution < 1.29 is 19.5 Å². The minimum atomic E-state index is -1.23. The zero-order chi connectivity index (χ0) is 24.8. The number of nitrogens with one attached hydrogen (secondary N) is 1. The van der Waals surface area contributed by atoms with Crippen LogP contribution in [0.15, 0.2) is 30.5 Å². The molecule has 12 heteroatoms. The monoisotopic (exact) mass is 466 g/mol.